The van der Waals surface area contributed by atoms with Gasteiger partial charge in [0.25, 0.3) is 5.91 Å². The van der Waals surface area contributed by atoms with Crippen LogP contribution in [0.2, 0.25) is 0 Å². The molecule has 1 aliphatic rings. The monoisotopic (exact) mass is 364 g/mol. The number of halogens is 1. The van der Waals surface area contributed by atoms with Crippen molar-refractivity contribution in [2.24, 2.45) is 0 Å². The minimum Gasteiger partial charge on any atom is -0.459 e. The maximum atomic E-state index is 12.0. The molecule has 1 aromatic carbocycles. The second kappa shape index (κ2) is 5.61. The number of thiocarbonyl (C=S) groups is 1. The van der Waals surface area contributed by atoms with Crippen molar-refractivity contribution in [2.45, 2.75) is 19.5 Å². The topological polar surface area (TPSA) is 45.5 Å². The molecule has 3 rings (SSSR count). The summed E-state index contributed by atoms with van der Waals surface area (Å²) in [5, 5.41) is 3.40. The third-order valence-corrected chi connectivity index (χ3v) is 4.19. The summed E-state index contributed by atoms with van der Waals surface area (Å²) >= 11 is 8.56. The molecule has 108 valence electrons. The Morgan fingerprint density at radius 2 is 2.00 bits per heavy atom. The summed E-state index contributed by atoms with van der Waals surface area (Å²) in [6.45, 7) is 2.15. The van der Waals surface area contributed by atoms with Crippen LogP contribution < -0.4 is 5.32 Å². The van der Waals surface area contributed by atoms with Gasteiger partial charge in [-0.25, -0.2) is 0 Å². The number of hydrogen-bond donors (Lipinski definition) is 1. The average Bonchev–Trinajstić information content (AvgIpc) is 3.01. The number of amides is 1. The van der Waals surface area contributed by atoms with Crippen molar-refractivity contribution in [3.63, 3.8) is 0 Å². The van der Waals surface area contributed by atoms with E-state index in [9.17, 15) is 4.79 Å². The van der Waals surface area contributed by atoms with Crippen molar-refractivity contribution >= 4 is 39.2 Å². The van der Waals surface area contributed by atoms with Crippen molar-refractivity contribution in [1.82, 2.24) is 10.2 Å². The van der Waals surface area contributed by atoms with Crippen LogP contribution in [0.5, 0.6) is 0 Å². The number of carbonyl (C=O) groups excluding carboxylic acids is 1. The van der Waals surface area contributed by atoms with E-state index in [4.69, 9.17) is 16.6 Å². The largest absolute Gasteiger partial charge is 0.459 e. The summed E-state index contributed by atoms with van der Waals surface area (Å²) in [5.74, 6) is 1.46. The number of nitrogens with one attached hydrogen (secondary N) is 1. The highest BCUT2D eigenvalue weighted by atomic mass is 79.9. The van der Waals surface area contributed by atoms with Crippen LogP contribution in [-0.4, -0.2) is 22.0 Å². The van der Waals surface area contributed by atoms with Crippen LogP contribution in [0.3, 0.4) is 0 Å². The summed E-state index contributed by atoms with van der Waals surface area (Å²) in [6.07, 6.45) is 0. The third-order valence-electron chi connectivity index (χ3n) is 3.33. The molecular weight excluding hydrogens is 352 g/mol. The number of rotatable bonds is 3. The second-order valence-corrected chi connectivity index (χ2v) is 6.17. The molecule has 1 amide bonds. The molecule has 2 aromatic rings. The zero-order chi connectivity index (χ0) is 15.0. The van der Waals surface area contributed by atoms with Crippen LogP contribution >= 0.6 is 28.1 Å². The lowest BCUT2D eigenvalue weighted by Crippen LogP contribution is -2.30. The van der Waals surface area contributed by atoms with Crippen LogP contribution in [0.4, 0.5) is 0 Å². The molecule has 1 atom stereocenters. The van der Waals surface area contributed by atoms with Gasteiger partial charge in [-0.1, -0.05) is 28.1 Å². The fourth-order valence-corrected chi connectivity index (χ4v) is 2.79. The predicted molar refractivity (Wildman–Crippen MR) is 87.6 cm³/mol. The number of furan rings is 1. The highest BCUT2D eigenvalue weighted by molar-refractivity contribution is 9.10. The number of benzene rings is 1. The average molecular weight is 365 g/mol. The normalized spacial score (nSPS) is 18.2. The Morgan fingerprint density at radius 3 is 2.62 bits per heavy atom. The summed E-state index contributed by atoms with van der Waals surface area (Å²) in [7, 11) is 0. The Bertz CT molecular complexity index is 696. The molecule has 2 heterocycles. The molecule has 1 aromatic heterocycles. The zero-order valence-electron chi connectivity index (χ0n) is 11.3. The van der Waals surface area contributed by atoms with Gasteiger partial charge in [0.2, 0.25) is 0 Å². The fraction of sp³-hybridized carbons (Fsp3) is 0.200. The van der Waals surface area contributed by atoms with E-state index in [0.29, 0.717) is 17.4 Å². The second-order valence-electron chi connectivity index (χ2n) is 4.87. The van der Waals surface area contributed by atoms with Gasteiger partial charge >= 0.3 is 0 Å². The SMILES string of the molecule is C[C@H]1NC(=S)N(Cc2ccc(-c3ccc(Br)cc3)o2)C1=O. The van der Waals surface area contributed by atoms with Gasteiger partial charge in [-0.3, -0.25) is 9.69 Å². The minimum atomic E-state index is -0.265. The Balaban J connectivity index is 1.78. The van der Waals surface area contributed by atoms with E-state index in [1.807, 2.05) is 36.4 Å². The first-order chi connectivity index (χ1) is 10.0. The van der Waals surface area contributed by atoms with Crippen LogP contribution in [0, 0.1) is 0 Å². The van der Waals surface area contributed by atoms with Gasteiger partial charge in [0.1, 0.15) is 17.6 Å². The lowest BCUT2D eigenvalue weighted by atomic mass is 10.2. The molecule has 1 fully saturated rings. The van der Waals surface area contributed by atoms with Crippen LogP contribution in [0.15, 0.2) is 45.3 Å². The van der Waals surface area contributed by atoms with E-state index in [0.717, 1.165) is 15.8 Å². The lowest BCUT2D eigenvalue weighted by Gasteiger charge is -2.12. The van der Waals surface area contributed by atoms with Gasteiger partial charge in [0.05, 0.1) is 6.54 Å². The zero-order valence-corrected chi connectivity index (χ0v) is 13.7. The first-order valence-electron chi connectivity index (χ1n) is 6.51. The van der Waals surface area contributed by atoms with Crippen molar-refractivity contribution in [3.05, 3.63) is 46.6 Å². The Labute approximate surface area is 136 Å². The van der Waals surface area contributed by atoms with E-state index < -0.39 is 0 Å². The third kappa shape index (κ3) is 2.87. The fourth-order valence-electron chi connectivity index (χ4n) is 2.20. The molecule has 1 aliphatic heterocycles. The molecule has 0 unspecified atom stereocenters. The molecule has 0 spiro atoms. The van der Waals surface area contributed by atoms with Gasteiger partial charge in [-0.15, -0.1) is 0 Å². The highest BCUT2D eigenvalue weighted by Crippen LogP contribution is 2.25. The van der Waals surface area contributed by atoms with E-state index in [-0.39, 0.29) is 11.9 Å². The molecule has 4 nitrogen and oxygen atoms in total. The van der Waals surface area contributed by atoms with Gasteiger partial charge < -0.3 is 9.73 Å². The maximum Gasteiger partial charge on any atom is 0.251 e. The molecule has 0 saturated carbocycles. The Morgan fingerprint density at radius 1 is 1.29 bits per heavy atom. The Kier molecular flexibility index (Phi) is 3.82. The number of hydrogen-bond acceptors (Lipinski definition) is 3. The molecule has 6 heteroatoms. The van der Waals surface area contributed by atoms with Crippen LogP contribution in [0.25, 0.3) is 11.3 Å². The van der Waals surface area contributed by atoms with Gasteiger partial charge in [0.15, 0.2) is 5.11 Å². The van der Waals surface area contributed by atoms with Crippen molar-refractivity contribution in [3.8, 4) is 11.3 Å². The summed E-state index contributed by atoms with van der Waals surface area (Å²) < 4.78 is 6.83. The smallest absolute Gasteiger partial charge is 0.251 e. The minimum absolute atomic E-state index is 0.0263. The standard InChI is InChI=1S/C15H13BrN2O2S/c1-9-14(19)18(15(21)17-9)8-12-6-7-13(20-12)10-2-4-11(16)5-3-10/h2-7,9H,8H2,1H3,(H,17,21)/t9-/m1/s1. The lowest BCUT2D eigenvalue weighted by molar-refractivity contribution is -0.127. The molecule has 0 bridgehead atoms. The molecule has 21 heavy (non-hydrogen) atoms. The van der Waals surface area contributed by atoms with Crippen molar-refractivity contribution in [2.75, 3.05) is 0 Å². The molecule has 0 aliphatic carbocycles. The van der Waals surface area contributed by atoms with E-state index in [1.54, 1.807) is 6.92 Å². The summed E-state index contributed by atoms with van der Waals surface area (Å²) in [4.78, 5) is 13.5. The maximum absolute atomic E-state index is 12.0. The van der Waals surface area contributed by atoms with Gasteiger partial charge in [-0.05, 0) is 43.4 Å². The highest BCUT2D eigenvalue weighted by Gasteiger charge is 2.32. The molecule has 1 N–H and O–H groups in total. The van der Waals surface area contributed by atoms with Gasteiger partial charge in [0, 0.05) is 10.0 Å². The van der Waals surface area contributed by atoms with E-state index in [1.165, 1.54) is 4.90 Å². The number of nitrogens with zero attached hydrogens (tertiary/aromatic N) is 1. The van der Waals surface area contributed by atoms with Crippen molar-refractivity contribution < 1.29 is 9.21 Å². The van der Waals surface area contributed by atoms with E-state index >= 15 is 0 Å². The van der Waals surface area contributed by atoms with E-state index in [2.05, 4.69) is 21.2 Å². The summed E-state index contributed by atoms with van der Waals surface area (Å²) in [5.41, 5.74) is 0.992. The Hall–Kier alpha value is -1.66. The molecule has 0 radical (unpaired) electrons. The first-order valence-corrected chi connectivity index (χ1v) is 7.71. The first kappa shape index (κ1) is 14.3. The van der Waals surface area contributed by atoms with Gasteiger partial charge in [-0.2, -0.15) is 0 Å². The quantitative estimate of drug-likeness (QED) is 0.848. The van der Waals surface area contributed by atoms with Crippen LogP contribution in [0.1, 0.15) is 12.7 Å². The number of carbonyl (C=O) groups is 1. The molecule has 1 saturated heterocycles. The molecular formula is C15H13BrN2O2S. The van der Waals surface area contributed by atoms with Crippen molar-refractivity contribution in [1.29, 1.82) is 0 Å². The summed E-state index contributed by atoms with van der Waals surface area (Å²) in [6, 6.07) is 11.4. The predicted octanol–water partition coefficient (Wildman–Crippen LogP) is 3.31. The van der Waals surface area contributed by atoms with Crippen LogP contribution in [-0.2, 0) is 11.3 Å².